The van der Waals surface area contributed by atoms with Crippen LogP contribution in [0.5, 0.6) is 0 Å². The van der Waals surface area contributed by atoms with Gasteiger partial charge in [-0.05, 0) is 0 Å². The molecule has 0 amide bonds. The van der Waals surface area contributed by atoms with Crippen molar-refractivity contribution in [2.24, 2.45) is 12.9 Å². The van der Waals surface area contributed by atoms with Gasteiger partial charge in [0.25, 0.3) is 0 Å². The standard InChI is InChI=1S/C8H11ClF3N3O/c1-4(3-16-13)5-6(8(10,11)12)14-15(2)7(5)9/h4H,3,13H2,1-2H3. The van der Waals surface area contributed by atoms with Gasteiger partial charge in [0.15, 0.2) is 5.69 Å². The van der Waals surface area contributed by atoms with E-state index in [0.29, 0.717) is 0 Å². The lowest BCUT2D eigenvalue weighted by Crippen LogP contribution is -2.14. The van der Waals surface area contributed by atoms with Gasteiger partial charge in [-0.1, -0.05) is 18.5 Å². The summed E-state index contributed by atoms with van der Waals surface area (Å²) >= 11 is 5.75. The summed E-state index contributed by atoms with van der Waals surface area (Å²) in [4.78, 5) is 4.33. The van der Waals surface area contributed by atoms with E-state index in [9.17, 15) is 13.2 Å². The summed E-state index contributed by atoms with van der Waals surface area (Å²) in [6.45, 7) is 1.47. The largest absolute Gasteiger partial charge is 0.435 e. The van der Waals surface area contributed by atoms with Crippen LogP contribution in [0.4, 0.5) is 13.2 Å². The average Bonchev–Trinajstić information content (AvgIpc) is 2.43. The van der Waals surface area contributed by atoms with Crippen LogP contribution in [-0.2, 0) is 18.1 Å². The van der Waals surface area contributed by atoms with Crippen LogP contribution in [0, 0.1) is 0 Å². The molecule has 1 rings (SSSR count). The number of aromatic nitrogens is 2. The van der Waals surface area contributed by atoms with E-state index in [1.807, 2.05) is 0 Å². The van der Waals surface area contributed by atoms with Crippen molar-refractivity contribution in [1.29, 1.82) is 0 Å². The quantitative estimate of drug-likeness (QED) is 0.844. The van der Waals surface area contributed by atoms with E-state index in [-0.39, 0.29) is 17.3 Å². The molecule has 4 nitrogen and oxygen atoms in total. The van der Waals surface area contributed by atoms with Crippen LogP contribution < -0.4 is 5.90 Å². The average molecular weight is 258 g/mol. The molecule has 1 aromatic heterocycles. The molecule has 0 aliphatic heterocycles. The number of nitrogens with zero attached hydrogens (tertiary/aromatic N) is 2. The lowest BCUT2D eigenvalue weighted by atomic mass is 10.0. The van der Waals surface area contributed by atoms with Crippen LogP contribution >= 0.6 is 11.6 Å². The highest BCUT2D eigenvalue weighted by molar-refractivity contribution is 6.30. The van der Waals surface area contributed by atoms with Gasteiger partial charge >= 0.3 is 6.18 Å². The molecule has 2 N–H and O–H groups in total. The predicted octanol–water partition coefficient (Wildman–Crippen LogP) is 2.09. The Hall–Kier alpha value is -0.790. The summed E-state index contributed by atoms with van der Waals surface area (Å²) < 4.78 is 38.9. The monoisotopic (exact) mass is 257 g/mol. The normalized spacial score (nSPS) is 14.2. The van der Waals surface area contributed by atoms with Crippen LogP contribution in [0.1, 0.15) is 24.1 Å². The third-order valence-electron chi connectivity index (χ3n) is 2.12. The molecule has 92 valence electrons. The molecule has 0 aromatic carbocycles. The third-order valence-corrected chi connectivity index (χ3v) is 2.57. The van der Waals surface area contributed by atoms with Crippen molar-refractivity contribution in [3.8, 4) is 0 Å². The van der Waals surface area contributed by atoms with Gasteiger partial charge < -0.3 is 4.84 Å². The predicted molar refractivity (Wildman–Crippen MR) is 51.8 cm³/mol. The first-order valence-corrected chi connectivity index (χ1v) is 4.78. The number of halogens is 4. The van der Waals surface area contributed by atoms with Gasteiger partial charge in [-0.3, -0.25) is 4.68 Å². The topological polar surface area (TPSA) is 53.1 Å². The highest BCUT2D eigenvalue weighted by Crippen LogP contribution is 2.37. The fourth-order valence-electron chi connectivity index (χ4n) is 1.39. The fraction of sp³-hybridized carbons (Fsp3) is 0.625. The van der Waals surface area contributed by atoms with Crippen LogP contribution in [0.3, 0.4) is 0 Å². The van der Waals surface area contributed by atoms with E-state index < -0.39 is 17.8 Å². The Morgan fingerprint density at radius 1 is 1.56 bits per heavy atom. The molecule has 1 aromatic rings. The second-order valence-corrected chi connectivity index (χ2v) is 3.77. The summed E-state index contributed by atoms with van der Waals surface area (Å²) in [5.74, 6) is 4.25. The molecular formula is C8H11ClF3N3O. The minimum Gasteiger partial charge on any atom is -0.304 e. The molecule has 0 saturated heterocycles. The summed E-state index contributed by atoms with van der Waals surface area (Å²) in [6, 6.07) is 0. The Morgan fingerprint density at radius 2 is 2.12 bits per heavy atom. The first kappa shape index (κ1) is 13.3. The molecule has 16 heavy (non-hydrogen) atoms. The second kappa shape index (κ2) is 4.60. The maximum absolute atomic E-state index is 12.6. The van der Waals surface area contributed by atoms with Crippen molar-refractivity contribution >= 4 is 11.6 Å². The summed E-state index contributed by atoms with van der Waals surface area (Å²) in [6.07, 6.45) is -4.54. The molecule has 0 fully saturated rings. The molecule has 1 unspecified atom stereocenters. The first-order chi connectivity index (χ1) is 7.29. The Bertz CT molecular complexity index is 377. The SMILES string of the molecule is CC(CON)c1c(C(F)(F)F)nn(C)c1Cl. The number of aryl methyl sites for hydroxylation is 1. The molecule has 8 heteroatoms. The minimum atomic E-state index is -4.54. The van der Waals surface area contributed by atoms with Gasteiger partial charge in [-0.2, -0.15) is 18.3 Å². The molecule has 0 saturated carbocycles. The number of hydrogen-bond donors (Lipinski definition) is 1. The van der Waals surface area contributed by atoms with Gasteiger partial charge in [-0.25, -0.2) is 5.90 Å². The van der Waals surface area contributed by atoms with E-state index in [4.69, 9.17) is 17.5 Å². The number of rotatable bonds is 3. The molecule has 1 heterocycles. The van der Waals surface area contributed by atoms with Gasteiger partial charge in [-0.15, -0.1) is 0 Å². The van der Waals surface area contributed by atoms with E-state index in [1.165, 1.54) is 14.0 Å². The second-order valence-electron chi connectivity index (χ2n) is 3.41. The van der Waals surface area contributed by atoms with E-state index in [2.05, 4.69) is 9.94 Å². The fourth-order valence-corrected chi connectivity index (χ4v) is 1.71. The van der Waals surface area contributed by atoms with E-state index in [0.717, 1.165) is 4.68 Å². The van der Waals surface area contributed by atoms with Crippen LogP contribution in [0.15, 0.2) is 0 Å². The van der Waals surface area contributed by atoms with E-state index in [1.54, 1.807) is 0 Å². The third kappa shape index (κ3) is 2.47. The lowest BCUT2D eigenvalue weighted by Gasteiger charge is -2.12. The molecule has 0 radical (unpaired) electrons. The van der Waals surface area contributed by atoms with Crippen molar-refractivity contribution in [2.75, 3.05) is 6.61 Å². The maximum atomic E-state index is 12.6. The molecule has 0 bridgehead atoms. The lowest BCUT2D eigenvalue weighted by molar-refractivity contribution is -0.142. The van der Waals surface area contributed by atoms with Crippen molar-refractivity contribution in [3.63, 3.8) is 0 Å². The number of alkyl halides is 3. The Labute approximate surface area is 95.1 Å². The summed E-state index contributed by atoms with van der Waals surface area (Å²) in [5.41, 5.74) is -1.09. The highest BCUT2D eigenvalue weighted by atomic mass is 35.5. The van der Waals surface area contributed by atoms with Crippen LogP contribution in [-0.4, -0.2) is 16.4 Å². The summed E-state index contributed by atoms with van der Waals surface area (Å²) in [5, 5.41) is 3.29. The van der Waals surface area contributed by atoms with Gasteiger partial charge in [0.1, 0.15) is 5.15 Å². The Balaban J connectivity index is 3.24. The zero-order chi connectivity index (χ0) is 12.5. The van der Waals surface area contributed by atoms with Gasteiger partial charge in [0, 0.05) is 18.5 Å². The van der Waals surface area contributed by atoms with Crippen molar-refractivity contribution in [2.45, 2.75) is 19.0 Å². The van der Waals surface area contributed by atoms with Crippen LogP contribution in [0.25, 0.3) is 0 Å². The minimum absolute atomic E-state index is 0.0584. The van der Waals surface area contributed by atoms with Gasteiger partial charge in [0.2, 0.25) is 0 Å². The van der Waals surface area contributed by atoms with Crippen molar-refractivity contribution in [3.05, 3.63) is 16.4 Å². The smallest absolute Gasteiger partial charge is 0.304 e. The molecule has 0 spiro atoms. The highest BCUT2D eigenvalue weighted by Gasteiger charge is 2.40. The molecular weight excluding hydrogens is 247 g/mol. The Morgan fingerprint density at radius 3 is 2.56 bits per heavy atom. The van der Waals surface area contributed by atoms with Crippen molar-refractivity contribution in [1.82, 2.24) is 9.78 Å². The van der Waals surface area contributed by atoms with Crippen molar-refractivity contribution < 1.29 is 18.0 Å². The van der Waals surface area contributed by atoms with Crippen LogP contribution in [0.2, 0.25) is 5.15 Å². The zero-order valence-electron chi connectivity index (χ0n) is 8.68. The number of hydrogen-bond acceptors (Lipinski definition) is 3. The zero-order valence-corrected chi connectivity index (χ0v) is 9.43. The summed E-state index contributed by atoms with van der Waals surface area (Å²) in [7, 11) is 1.34. The van der Waals surface area contributed by atoms with E-state index >= 15 is 0 Å². The first-order valence-electron chi connectivity index (χ1n) is 4.40. The number of nitrogens with two attached hydrogens (primary N) is 1. The Kier molecular flexibility index (Phi) is 3.82. The van der Waals surface area contributed by atoms with Gasteiger partial charge in [0.05, 0.1) is 6.61 Å². The molecule has 1 atom stereocenters. The molecule has 0 aliphatic rings. The molecule has 0 aliphatic carbocycles. The maximum Gasteiger partial charge on any atom is 0.435 e.